The average molecular weight is 252 g/mol. The number of hydrogen-bond acceptors (Lipinski definition) is 6. The first-order chi connectivity index (χ1) is 8.81. The molecule has 2 rings (SSSR count). The summed E-state index contributed by atoms with van der Waals surface area (Å²) in [6.07, 6.45) is 6.22. The Morgan fingerprint density at radius 2 is 2.33 bits per heavy atom. The fourth-order valence-electron chi connectivity index (χ4n) is 1.76. The van der Waals surface area contributed by atoms with Crippen LogP contribution in [0.4, 0.5) is 0 Å². The molecular formula is C11H16N4O3. The summed E-state index contributed by atoms with van der Waals surface area (Å²) in [6, 6.07) is 0. The molecule has 1 unspecified atom stereocenters. The fourth-order valence-corrected chi connectivity index (χ4v) is 1.76. The third kappa shape index (κ3) is 3.07. The summed E-state index contributed by atoms with van der Waals surface area (Å²) in [5, 5.41) is 11.5. The second kappa shape index (κ2) is 6.15. The van der Waals surface area contributed by atoms with Crippen LogP contribution in [-0.2, 0) is 4.74 Å². The zero-order chi connectivity index (χ0) is 12.8. The zero-order valence-corrected chi connectivity index (χ0v) is 9.95. The van der Waals surface area contributed by atoms with Gasteiger partial charge in [0.05, 0.1) is 6.10 Å². The lowest BCUT2D eigenvalue weighted by Crippen LogP contribution is -2.27. The van der Waals surface area contributed by atoms with E-state index in [-0.39, 0.29) is 23.5 Å². The fraction of sp³-hybridized carbons (Fsp3) is 0.545. The van der Waals surface area contributed by atoms with Gasteiger partial charge in [-0.25, -0.2) is 9.97 Å². The highest BCUT2D eigenvalue weighted by atomic mass is 16.5. The standard InChI is InChI=1S/C11H16N4O3/c12-10(15-16)9-11(14-5-4-13-9)18-7-8-3-1-2-6-17-8/h4-5,8,16H,1-3,6-7H2,(H2,12,15). The number of ether oxygens (including phenoxy) is 2. The Balaban J connectivity index is 2.00. The Bertz CT molecular complexity index is 419. The van der Waals surface area contributed by atoms with Crippen molar-refractivity contribution in [1.82, 2.24) is 9.97 Å². The lowest BCUT2D eigenvalue weighted by molar-refractivity contribution is -0.0120. The molecule has 0 amide bonds. The maximum absolute atomic E-state index is 8.64. The Kier molecular flexibility index (Phi) is 4.30. The topological polar surface area (TPSA) is 103 Å². The first kappa shape index (κ1) is 12.6. The molecule has 0 aromatic carbocycles. The molecule has 7 heteroatoms. The molecule has 2 heterocycles. The highest BCUT2D eigenvalue weighted by Crippen LogP contribution is 2.16. The predicted octanol–water partition coefficient (Wildman–Crippen LogP) is 0.519. The van der Waals surface area contributed by atoms with Gasteiger partial charge in [-0.3, -0.25) is 0 Å². The minimum absolute atomic E-state index is 0.0703. The van der Waals surface area contributed by atoms with Crippen molar-refractivity contribution in [1.29, 1.82) is 0 Å². The van der Waals surface area contributed by atoms with Gasteiger partial charge in [0.15, 0.2) is 11.5 Å². The van der Waals surface area contributed by atoms with Gasteiger partial charge >= 0.3 is 0 Å². The van der Waals surface area contributed by atoms with E-state index in [9.17, 15) is 0 Å². The van der Waals surface area contributed by atoms with Gasteiger partial charge in [-0.05, 0) is 19.3 Å². The lowest BCUT2D eigenvalue weighted by atomic mass is 10.1. The van der Waals surface area contributed by atoms with Crippen LogP contribution >= 0.6 is 0 Å². The molecule has 7 nitrogen and oxygen atoms in total. The van der Waals surface area contributed by atoms with Crippen molar-refractivity contribution in [3.63, 3.8) is 0 Å². The minimum atomic E-state index is -0.123. The van der Waals surface area contributed by atoms with Crippen molar-refractivity contribution in [3.05, 3.63) is 18.1 Å². The third-order valence-electron chi connectivity index (χ3n) is 2.69. The van der Waals surface area contributed by atoms with E-state index in [1.165, 1.54) is 12.4 Å². The summed E-state index contributed by atoms with van der Waals surface area (Å²) in [5.74, 6) is 0.129. The summed E-state index contributed by atoms with van der Waals surface area (Å²) >= 11 is 0. The van der Waals surface area contributed by atoms with Gasteiger partial charge < -0.3 is 20.4 Å². The highest BCUT2D eigenvalue weighted by molar-refractivity contribution is 5.97. The second-order valence-electron chi connectivity index (χ2n) is 3.99. The Morgan fingerprint density at radius 3 is 3.06 bits per heavy atom. The van der Waals surface area contributed by atoms with Gasteiger partial charge in [0.1, 0.15) is 6.61 Å². The van der Waals surface area contributed by atoms with E-state index in [1.807, 2.05) is 0 Å². The Morgan fingerprint density at radius 1 is 1.50 bits per heavy atom. The second-order valence-corrected chi connectivity index (χ2v) is 3.99. The van der Waals surface area contributed by atoms with Crippen molar-refractivity contribution in [2.75, 3.05) is 13.2 Å². The van der Waals surface area contributed by atoms with E-state index in [0.717, 1.165) is 25.9 Å². The summed E-state index contributed by atoms with van der Waals surface area (Å²) in [7, 11) is 0. The van der Waals surface area contributed by atoms with Crippen LogP contribution in [0.2, 0.25) is 0 Å². The van der Waals surface area contributed by atoms with E-state index in [1.54, 1.807) is 0 Å². The van der Waals surface area contributed by atoms with Crippen molar-refractivity contribution in [2.24, 2.45) is 10.9 Å². The molecule has 1 fully saturated rings. The van der Waals surface area contributed by atoms with Crippen LogP contribution in [-0.4, -0.2) is 40.3 Å². The molecule has 1 aromatic rings. The molecule has 0 aliphatic carbocycles. The van der Waals surface area contributed by atoms with Crippen LogP contribution in [0.15, 0.2) is 17.5 Å². The monoisotopic (exact) mass is 252 g/mol. The van der Waals surface area contributed by atoms with Crippen molar-refractivity contribution >= 4 is 5.84 Å². The van der Waals surface area contributed by atoms with Gasteiger partial charge in [0.2, 0.25) is 5.88 Å². The van der Waals surface area contributed by atoms with E-state index in [4.69, 9.17) is 20.4 Å². The lowest BCUT2D eigenvalue weighted by Gasteiger charge is -2.22. The van der Waals surface area contributed by atoms with Gasteiger partial charge in [0.25, 0.3) is 0 Å². The molecule has 3 N–H and O–H groups in total. The summed E-state index contributed by atoms with van der Waals surface area (Å²) in [4.78, 5) is 7.99. The number of rotatable bonds is 4. The molecule has 0 saturated carbocycles. The normalized spacial score (nSPS) is 20.7. The number of oxime groups is 1. The van der Waals surface area contributed by atoms with E-state index < -0.39 is 0 Å². The third-order valence-corrected chi connectivity index (χ3v) is 2.69. The number of aromatic nitrogens is 2. The Labute approximate surface area is 105 Å². The number of nitrogens with zero attached hydrogens (tertiary/aromatic N) is 3. The first-order valence-corrected chi connectivity index (χ1v) is 5.84. The van der Waals surface area contributed by atoms with E-state index in [0.29, 0.717) is 6.61 Å². The van der Waals surface area contributed by atoms with Crippen molar-refractivity contribution in [3.8, 4) is 5.88 Å². The van der Waals surface area contributed by atoms with Gasteiger partial charge in [-0.2, -0.15) is 0 Å². The van der Waals surface area contributed by atoms with Gasteiger partial charge in [0, 0.05) is 19.0 Å². The van der Waals surface area contributed by atoms with Crippen LogP contribution in [0.3, 0.4) is 0 Å². The maximum atomic E-state index is 8.64. The molecule has 0 radical (unpaired) electrons. The van der Waals surface area contributed by atoms with Gasteiger partial charge in [-0.1, -0.05) is 5.16 Å². The first-order valence-electron chi connectivity index (χ1n) is 5.84. The molecule has 1 aliphatic rings. The van der Waals surface area contributed by atoms with Crippen molar-refractivity contribution in [2.45, 2.75) is 25.4 Å². The van der Waals surface area contributed by atoms with Crippen LogP contribution in [0.5, 0.6) is 5.88 Å². The smallest absolute Gasteiger partial charge is 0.244 e. The van der Waals surface area contributed by atoms with Gasteiger partial charge in [-0.15, -0.1) is 0 Å². The van der Waals surface area contributed by atoms with Crippen LogP contribution in [0.25, 0.3) is 0 Å². The van der Waals surface area contributed by atoms with E-state index in [2.05, 4.69) is 15.1 Å². The summed E-state index contributed by atoms with van der Waals surface area (Å²) < 4.78 is 11.1. The van der Waals surface area contributed by atoms with Crippen molar-refractivity contribution < 1.29 is 14.7 Å². The molecule has 98 valence electrons. The Hall–Kier alpha value is -1.89. The summed E-state index contributed by atoms with van der Waals surface area (Å²) in [5.41, 5.74) is 5.72. The average Bonchev–Trinajstić information content (AvgIpc) is 2.45. The zero-order valence-electron chi connectivity index (χ0n) is 9.95. The molecule has 0 bridgehead atoms. The minimum Gasteiger partial charge on any atom is -0.473 e. The molecule has 1 aliphatic heterocycles. The SMILES string of the molecule is NC(=NO)c1nccnc1OCC1CCCCO1. The number of amidine groups is 1. The highest BCUT2D eigenvalue weighted by Gasteiger charge is 2.17. The number of hydrogen-bond donors (Lipinski definition) is 2. The van der Waals surface area contributed by atoms with E-state index >= 15 is 0 Å². The van der Waals surface area contributed by atoms with Crippen LogP contribution < -0.4 is 10.5 Å². The maximum Gasteiger partial charge on any atom is 0.244 e. The molecule has 0 spiro atoms. The molecular weight excluding hydrogens is 236 g/mol. The summed E-state index contributed by atoms with van der Waals surface area (Å²) in [6.45, 7) is 1.16. The quantitative estimate of drug-likeness (QED) is 0.350. The molecule has 1 aromatic heterocycles. The van der Waals surface area contributed by atoms with Crippen LogP contribution in [0.1, 0.15) is 25.0 Å². The molecule has 18 heavy (non-hydrogen) atoms. The molecule has 1 saturated heterocycles. The van der Waals surface area contributed by atoms with Crippen LogP contribution in [0, 0.1) is 0 Å². The molecule has 1 atom stereocenters. The predicted molar refractivity (Wildman–Crippen MR) is 63.6 cm³/mol. The number of nitrogens with two attached hydrogens (primary N) is 1. The largest absolute Gasteiger partial charge is 0.473 e.